The average Bonchev–Trinajstić information content (AvgIpc) is 3.00. The summed E-state index contributed by atoms with van der Waals surface area (Å²) in [5.74, 6) is -0.557. The van der Waals surface area contributed by atoms with Crippen LogP contribution in [-0.2, 0) is 20.7 Å². The van der Waals surface area contributed by atoms with Crippen molar-refractivity contribution in [2.45, 2.75) is 13.3 Å². The SMILES string of the molecule is CCOC(=O)Cc1csc(NC(=O)COc2ccc(Cl)cc2C=O)n1. The van der Waals surface area contributed by atoms with Crippen molar-refractivity contribution in [3.63, 3.8) is 0 Å². The summed E-state index contributed by atoms with van der Waals surface area (Å²) in [5.41, 5.74) is 0.770. The van der Waals surface area contributed by atoms with E-state index in [9.17, 15) is 14.4 Å². The molecule has 132 valence electrons. The third-order valence-electron chi connectivity index (χ3n) is 2.89. The number of hydrogen-bond acceptors (Lipinski definition) is 7. The number of hydrogen-bond donors (Lipinski definition) is 1. The number of aromatic nitrogens is 1. The number of rotatable bonds is 8. The molecule has 0 fully saturated rings. The number of thiazole rings is 1. The largest absolute Gasteiger partial charge is 0.483 e. The van der Waals surface area contributed by atoms with Gasteiger partial charge in [-0.15, -0.1) is 11.3 Å². The molecule has 1 aromatic carbocycles. The van der Waals surface area contributed by atoms with Crippen molar-refractivity contribution in [3.05, 3.63) is 39.9 Å². The van der Waals surface area contributed by atoms with Crippen molar-refractivity contribution in [2.75, 3.05) is 18.5 Å². The molecule has 25 heavy (non-hydrogen) atoms. The highest BCUT2D eigenvalue weighted by Gasteiger charge is 2.12. The normalized spacial score (nSPS) is 10.2. The van der Waals surface area contributed by atoms with E-state index >= 15 is 0 Å². The second-order valence-electron chi connectivity index (χ2n) is 4.76. The Labute approximate surface area is 152 Å². The fraction of sp³-hybridized carbons (Fsp3) is 0.250. The molecule has 9 heteroatoms. The van der Waals surface area contributed by atoms with Crippen LogP contribution in [0.5, 0.6) is 5.75 Å². The quantitative estimate of drug-likeness (QED) is 0.557. The summed E-state index contributed by atoms with van der Waals surface area (Å²) in [6.07, 6.45) is 0.645. The van der Waals surface area contributed by atoms with Gasteiger partial charge in [-0.3, -0.25) is 19.7 Å². The summed E-state index contributed by atoms with van der Waals surface area (Å²) in [4.78, 5) is 38.4. The predicted octanol–water partition coefficient (Wildman–Crippen LogP) is 2.73. The average molecular weight is 383 g/mol. The molecule has 0 saturated heterocycles. The fourth-order valence-electron chi connectivity index (χ4n) is 1.85. The van der Waals surface area contributed by atoms with Gasteiger partial charge in [-0.05, 0) is 25.1 Å². The molecule has 1 N–H and O–H groups in total. The van der Waals surface area contributed by atoms with E-state index in [1.807, 2.05) is 0 Å². The van der Waals surface area contributed by atoms with Gasteiger partial charge in [0.25, 0.3) is 5.91 Å². The molecule has 0 aliphatic heterocycles. The van der Waals surface area contributed by atoms with E-state index in [1.54, 1.807) is 18.4 Å². The fourth-order valence-corrected chi connectivity index (χ4v) is 2.75. The van der Waals surface area contributed by atoms with Crippen LogP contribution in [0.4, 0.5) is 5.13 Å². The topological polar surface area (TPSA) is 94.6 Å². The molecule has 1 amide bonds. The monoisotopic (exact) mass is 382 g/mol. The number of anilines is 1. The maximum Gasteiger partial charge on any atom is 0.311 e. The zero-order valence-electron chi connectivity index (χ0n) is 13.3. The van der Waals surface area contributed by atoms with E-state index in [4.69, 9.17) is 21.1 Å². The number of carbonyl (C=O) groups excluding carboxylic acids is 3. The van der Waals surface area contributed by atoms with Crippen molar-refractivity contribution in [1.82, 2.24) is 4.98 Å². The van der Waals surface area contributed by atoms with Gasteiger partial charge in [0.05, 0.1) is 24.3 Å². The van der Waals surface area contributed by atoms with E-state index in [1.165, 1.54) is 23.5 Å². The third kappa shape index (κ3) is 5.84. The lowest BCUT2D eigenvalue weighted by Crippen LogP contribution is -2.20. The van der Waals surface area contributed by atoms with Gasteiger partial charge in [0, 0.05) is 10.4 Å². The zero-order valence-corrected chi connectivity index (χ0v) is 14.9. The van der Waals surface area contributed by atoms with Gasteiger partial charge in [0.1, 0.15) is 5.75 Å². The number of ether oxygens (including phenoxy) is 2. The molecular weight excluding hydrogens is 368 g/mol. The second kappa shape index (κ2) is 9.14. The smallest absolute Gasteiger partial charge is 0.311 e. The Morgan fingerprint density at radius 1 is 1.40 bits per heavy atom. The summed E-state index contributed by atoms with van der Waals surface area (Å²) < 4.78 is 10.2. The lowest BCUT2D eigenvalue weighted by molar-refractivity contribution is -0.142. The molecule has 0 bridgehead atoms. The summed E-state index contributed by atoms with van der Waals surface area (Å²) in [6, 6.07) is 4.52. The van der Waals surface area contributed by atoms with Crippen molar-refractivity contribution in [3.8, 4) is 5.75 Å². The molecule has 1 heterocycles. The Morgan fingerprint density at radius 2 is 2.20 bits per heavy atom. The van der Waals surface area contributed by atoms with E-state index < -0.39 is 5.91 Å². The van der Waals surface area contributed by atoms with Crippen LogP contribution in [-0.4, -0.2) is 36.4 Å². The van der Waals surface area contributed by atoms with E-state index in [-0.39, 0.29) is 30.3 Å². The first-order chi connectivity index (χ1) is 12.0. The van der Waals surface area contributed by atoms with E-state index in [0.717, 1.165) is 0 Å². The maximum atomic E-state index is 11.9. The van der Waals surface area contributed by atoms with Crippen molar-refractivity contribution in [1.29, 1.82) is 0 Å². The van der Waals surface area contributed by atoms with Crippen LogP contribution < -0.4 is 10.1 Å². The Kier molecular flexibility index (Phi) is 6.91. The van der Waals surface area contributed by atoms with Crippen LogP contribution in [0.15, 0.2) is 23.6 Å². The molecule has 7 nitrogen and oxygen atoms in total. The second-order valence-corrected chi connectivity index (χ2v) is 6.06. The molecule has 0 atom stereocenters. The highest BCUT2D eigenvalue weighted by molar-refractivity contribution is 7.13. The first-order valence-electron chi connectivity index (χ1n) is 7.29. The molecule has 0 radical (unpaired) electrons. The predicted molar refractivity (Wildman–Crippen MR) is 93.4 cm³/mol. The minimum Gasteiger partial charge on any atom is -0.483 e. The molecule has 1 aromatic heterocycles. The first-order valence-corrected chi connectivity index (χ1v) is 8.55. The molecule has 0 unspecified atom stereocenters. The highest BCUT2D eigenvalue weighted by atomic mass is 35.5. The van der Waals surface area contributed by atoms with Gasteiger partial charge in [-0.2, -0.15) is 0 Å². The summed E-state index contributed by atoms with van der Waals surface area (Å²) in [7, 11) is 0. The van der Waals surface area contributed by atoms with Crippen molar-refractivity contribution >= 4 is 46.2 Å². The van der Waals surface area contributed by atoms with Crippen molar-refractivity contribution in [2.24, 2.45) is 0 Å². The third-order valence-corrected chi connectivity index (χ3v) is 3.93. The Balaban J connectivity index is 1.87. The molecule has 2 rings (SSSR count). The number of carbonyl (C=O) groups is 3. The van der Waals surface area contributed by atoms with Crippen LogP contribution in [0.3, 0.4) is 0 Å². The first kappa shape index (κ1) is 18.9. The number of amides is 1. The number of aldehydes is 1. The van der Waals surface area contributed by atoms with Gasteiger partial charge in [0.2, 0.25) is 0 Å². The van der Waals surface area contributed by atoms with E-state index in [0.29, 0.717) is 28.7 Å². The van der Waals surface area contributed by atoms with Crippen LogP contribution in [0.2, 0.25) is 5.02 Å². The summed E-state index contributed by atoms with van der Waals surface area (Å²) >= 11 is 6.98. The standard InChI is InChI=1S/C16H15ClN2O5S/c1-2-23-15(22)6-12-9-25-16(18-12)19-14(21)8-24-13-4-3-11(17)5-10(13)7-20/h3-5,7,9H,2,6,8H2,1H3,(H,18,19,21). The van der Waals surface area contributed by atoms with Gasteiger partial charge >= 0.3 is 5.97 Å². The van der Waals surface area contributed by atoms with Gasteiger partial charge in [-0.25, -0.2) is 4.98 Å². The number of nitrogens with one attached hydrogen (secondary N) is 1. The summed E-state index contributed by atoms with van der Waals surface area (Å²) in [6.45, 7) is 1.73. The maximum absolute atomic E-state index is 11.9. The lowest BCUT2D eigenvalue weighted by Gasteiger charge is -2.08. The summed E-state index contributed by atoms with van der Waals surface area (Å²) in [5, 5.41) is 4.97. The van der Waals surface area contributed by atoms with Crippen LogP contribution in [0, 0.1) is 0 Å². The number of esters is 1. The molecular formula is C16H15ClN2O5S. The number of benzene rings is 1. The molecule has 0 aliphatic carbocycles. The Morgan fingerprint density at radius 3 is 2.92 bits per heavy atom. The molecule has 2 aromatic rings. The lowest BCUT2D eigenvalue weighted by atomic mass is 10.2. The molecule has 0 saturated carbocycles. The van der Waals surface area contributed by atoms with Crippen LogP contribution >= 0.6 is 22.9 Å². The highest BCUT2D eigenvalue weighted by Crippen LogP contribution is 2.21. The van der Waals surface area contributed by atoms with Crippen LogP contribution in [0.1, 0.15) is 23.0 Å². The van der Waals surface area contributed by atoms with Gasteiger partial charge in [-0.1, -0.05) is 11.6 Å². The van der Waals surface area contributed by atoms with Gasteiger partial charge in [0.15, 0.2) is 18.0 Å². The Hall–Kier alpha value is -2.45. The van der Waals surface area contributed by atoms with E-state index in [2.05, 4.69) is 10.3 Å². The van der Waals surface area contributed by atoms with Crippen LogP contribution in [0.25, 0.3) is 0 Å². The molecule has 0 aliphatic rings. The molecule has 0 spiro atoms. The number of halogens is 1. The van der Waals surface area contributed by atoms with Crippen molar-refractivity contribution < 1.29 is 23.9 Å². The zero-order chi connectivity index (χ0) is 18.2. The minimum atomic E-state index is -0.441. The Bertz CT molecular complexity index is 778. The minimum absolute atomic E-state index is 0.0458. The number of nitrogens with zero attached hydrogens (tertiary/aromatic N) is 1. The van der Waals surface area contributed by atoms with Gasteiger partial charge < -0.3 is 9.47 Å².